The van der Waals surface area contributed by atoms with Crippen molar-refractivity contribution in [3.8, 4) is 0 Å². The van der Waals surface area contributed by atoms with Crippen LogP contribution in [0.25, 0.3) is 0 Å². The van der Waals surface area contributed by atoms with Crippen LogP contribution in [0.4, 0.5) is 11.5 Å². The van der Waals surface area contributed by atoms with Crippen molar-refractivity contribution < 1.29 is 9.53 Å². The molecule has 0 saturated carbocycles. The molecule has 0 aliphatic rings. The highest BCUT2D eigenvalue weighted by Crippen LogP contribution is 2.13. The zero-order chi connectivity index (χ0) is 14.4. The third-order valence-corrected chi connectivity index (χ3v) is 2.82. The number of carbonyl (C=O) groups is 1. The minimum absolute atomic E-state index is 0.259. The van der Waals surface area contributed by atoms with Gasteiger partial charge in [-0.2, -0.15) is 5.10 Å². The second-order valence-corrected chi connectivity index (χ2v) is 4.35. The lowest BCUT2D eigenvalue weighted by atomic mass is 10.2. The number of ether oxygens (including phenoxy) is 1. The maximum atomic E-state index is 12.0. The van der Waals surface area contributed by atoms with Crippen molar-refractivity contribution in [2.45, 2.75) is 13.0 Å². The van der Waals surface area contributed by atoms with E-state index in [2.05, 4.69) is 10.4 Å². The van der Waals surface area contributed by atoms with Crippen molar-refractivity contribution in [1.82, 2.24) is 9.78 Å². The minimum Gasteiger partial charge on any atom is -0.398 e. The monoisotopic (exact) mass is 274 g/mol. The lowest BCUT2D eigenvalue weighted by Gasteiger charge is -2.05. The maximum Gasteiger partial charge on any atom is 0.258 e. The first-order chi connectivity index (χ1) is 9.70. The normalized spacial score (nSPS) is 10.4. The number of rotatable bonds is 6. The number of nitrogens with zero attached hydrogens (tertiary/aromatic N) is 2. The molecule has 0 atom stereocenters. The summed E-state index contributed by atoms with van der Waals surface area (Å²) in [5, 5.41) is 6.99. The highest BCUT2D eigenvalue weighted by molar-refractivity contribution is 6.07. The Bertz CT molecular complexity index is 580. The molecule has 20 heavy (non-hydrogen) atoms. The number of carbonyl (C=O) groups excluding carboxylic acids is 1. The predicted molar refractivity (Wildman–Crippen MR) is 77.5 cm³/mol. The molecule has 1 aromatic heterocycles. The van der Waals surface area contributed by atoms with Crippen LogP contribution in [0.15, 0.2) is 36.5 Å². The van der Waals surface area contributed by atoms with Crippen molar-refractivity contribution in [2.75, 3.05) is 24.8 Å². The van der Waals surface area contributed by atoms with Gasteiger partial charge in [-0.05, 0) is 18.6 Å². The predicted octanol–water partition coefficient (Wildman–Crippen LogP) is 1.75. The van der Waals surface area contributed by atoms with Crippen LogP contribution in [0.5, 0.6) is 0 Å². The van der Waals surface area contributed by atoms with Gasteiger partial charge in [0, 0.05) is 38.2 Å². The fourth-order valence-corrected chi connectivity index (χ4v) is 1.81. The summed E-state index contributed by atoms with van der Waals surface area (Å²) in [5.74, 6) is 0.251. The SMILES string of the molecule is COCCCn1ccc(NC(=O)c2ccccc2N)n1. The summed E-state index contributed by atoms with van der Waals surface area (Å²) in [6.07, 6.45) is 2.69. The number of para-hydroxylation sites is 1. The molecule has 1 heterocycles. The molecular weight excluding hydrogens is 256 g/mol. The number of nitrogens with one attached hydrogen (secondary N) is 1. The molecule has 0 saturated heterocycles. The van der Waals surface area contributed by atoms with E-state index in [1.54, 1.807) is 42.1 Å². The van der Waals surface area contributed by atoms with Crippen molar-refractivity contribution >= 4 is 17.4 Å². The van der Waals surface area contributed by atoms with Gasteiger partial charge in [0.05, 0.1) is 5.56 Å². The molecule has 3 N–H and O–H groups in total. The number of anilines is 2. The van der Waals surface area contributed by atoms with Crippen LogP contribution < -0.4 is 11.1 Å². The number of nitrogen functional groups attached to an aromatic ring is 1. The van der Waals surface area contributed by atoms with E-state index in [0.717, 1.165) is 13.0 Å². The van der Waals surface area contributed by atoms with E-state index in [4.69, 9.17) is 10.5 Å². The molecule has 6 nitrogen and oxygen atoms in total. The second kappa shape index (κ2) is 6.72. The summed E-state index contributed by atoms with van der Waals surface area (Å²) >= 11 is 0. The second-order valence-electron chi connectivity index (χ2n) is 4.35. The van der Waals surface area contributed by atoms with Gasteiger partial charge in [0.1, 0.15) is 0 Å². The van der Waals surface area contributed by atoms with Gasteiger partial charge in [0.15, 0.2) is 5.82 Å². The largest absolute Gasteiger partial charge is 0.398 e. The Morgan fingerprint density at radius 3 is 2.95 bits per heavy atom. The highest BCUT2D eigenvalue weighted by Gasteiger charge is 2.10. The van der Waals surface area contributed by atoms with Crippen LogP contribution >= 0.6 is 0 Å². The van der Waals surface area contributed by atoms with Gasteiger partial charge < -0.3 is 15.8 Å². The van der Waals surface area contributed by atoms with Crippen LogP contribution in [0.2, 0.25) is 0 Å². The van der Waals surface area contributed by atoms with Crippen LogP contribution in [0.1, 0.15) is 16.8 Å². The van der Waals surface area contributed by atoms with E-state index < -0.39 is 0 Å². The van der Waals surface area contributed by atoms with E-state index in [1.807, 2.05) is 6.20 Å². The number of hydrogen-bond acceptors (Lipinski definition) is 4. The van der Waals surface area contributed by atoms with Gasteiger partial charge in [-0.3, -0.25) is 9.48 Å². The molecular formula is C14H18N4O2. The highest BCUT2D eigenvalue weighted by atomic mass is 16.5. The molecule has 1 aromatic carbocycles. The molecule has 0 spiro atoms. The lowest BCUT2D eigenvalue weighted by molar-refractivity contribution is 0.102. The first-order valence-corrected chi connectivity index (χ1v) is 6.39. The third kappa shape index (κ3) is 3.58. The van der Waals surface area contributed by atoms with Gasteiger partial charge >= 0.3 is 0 Å². The van der Waals surface area contributed by atoms with Crippen molar-refractivity contribution in [1.29, 1.82) is 0 Å². The summed E-state index contributed by atoms with van der Waals surface area (Å²) in [5.41, 5.74) is 6.66. The van der Waals surface area contributed by atoms with E-state index in [1.165, 1.54) is 0 Å². The van der Waals surface area contributed by atoms with E-state index in [9.17, 15) is 4.79 Å². The quantitative estimate of drug-likeness (QED) is 0.621. The fraction of sp³-hybridized carbons (Fsp3) is 0.286. The number of amides is 1. The molecule has 0 aliphatic carbocycles. The van der Waals surface area contributed by atoms with Crippen LogP contribution in [0, 0.1) is 0 Å². The summed E-state index contributed by atoms with van der Waals surface area (Å²) < 4.78 is 6.75. The summed E-state index contributed by atoms with van der Waals surface area (Å²) in [6.45, 7) is 1.43. The van der Waals surface area contributed by atoms with Crippen molar-refractivity contribution in [3.63, 3.8) is 0 Å². The van der Waals surface area contributed by atoms with Crippen molar-refractivity contribution in [3.05, 3.63) is 42.1 Å². The first-order valence-electron chi connectivity index (χ1n) is 6.39. The smallest absolute Gasteiger partial charge is 0.258 e. The van der Waals surface area contributed by atoms with Crippen molar-refractivity contribution in [2.24, 2.45) is 0 Å². The van der Waals surface area contributed by atoms with Crippen LogP contribution in [-0.4, -0.2) is 29.4 Å². The molecule has 1 amide bonds. The standard InChI is InChI=1S/C14H18N4O2/c1-20-10-4-8-18-9-7-13(17-18)16-14(19)11-5-2-3-6-12(11)15/h2-3,5-7,9H,4,8,10,15H2,1H3,(H,16,17,19). The van der Waals surface area contributed by atoms with E-state index in [0.29, 0.717) is 23.7 Å². The zero-order valence-electron chi connectivity index (χ0n) is 11.4. The molecule has 106 valence electrons. The van der Waals surface area contributed by atoms with Gasteiger partial charge in [-0.15, -0.1) is 0 Å². The topological polar surface area (TPSA) is 82.2 Å². The average molecular weight is 274 g/mol. The molecule has 2 rings (SSSR count). The Balaban J connectivity index is 1.97. The number of hydrogen-bond donors (Lipinski definition) is 2. The summed E-state index contributed by atoms with van der Waals surface area (Å²) in [4.78, 5) is 12.0. The molecule has 2 aromatic rings. The summed E-state index contributed by atoms with van der Waals surface area (Å²) in [6, 6.07) is 8.69. The Morgan fingerprint density at radius 1 is 1.40 bits per heavy atom. The maximum absolute atomic E-state index is 12.0. The number of aromatic nitrogens is 2. The molecule has 0 bridgehead atoms. The van der Waals surface area contributed by atoms with E-state index in [-0.39, 0.29) is 5.91 Å². The van der Waals surface area contributed by atoms with Crippen LogP contribution in [-0.2, 0) is 11.3 Å². The minimum atomic E-state index is -0.259. The van der Waals surface area contributed by atoms with E-state index >= 15 is 0 Å². The Kier molecular flexibility index (Phi) is 4.73. The number of benzene rings is 1. The summed E-state index contributed by atoms with van der Waals surface area (Å²) in [7, 11) is 1.67. The fourth-order valence-electron chi connectivity index (χ4n) is 1.81. The molecule has 0 fully saturated rings. The number of methoxy groups -OCH3 is 1. The third-order valence-electron chi connectivity index (χ3n) is 2.82. The van der Waals surface area contributed by atoms with Gasteiger partial charge in [0.25, 0.3) is 5.91 Å². The molecule has 6 heteroatoms. The van der Waals surface area contributed by atoms with Crippen LogP contribution in [0.3, 0.4) is 0 Å². The molecule has 0 aliphatic heterocycles. The number of aryl methyl sites for hydroxylation is 1. The lowest BCUT2D eigenvalue weighted by Crippen LogP contribution is -2.14. The van der Waals surface area contributed by atoms with Gasteiger partial charge in [-0.1, -0.05) is 12.1 Å². The molecule has 0 radical (unpaired) electrons. The Hall–Kier alpha value is -2.34. The van der Waals surface area contributed by atoms with Gasteiger partial charge in [0.2, 0.25) is 0 Å². The van der Waals surface area contributed by atoms with Gasteiger partial charge in [-0.25, -0.2) is 0 Å². The number of nitrogens with two attached hydrogens (primary N) is 1. The zero-order valence-corrected chi connectivity index (χ0v) is 11.4. The Morgan fingerprint density at radius 2 is 2.20 bits per heavy atom. The molecule has 0 unspecified atom stereocenters. The Labute approximate surface area is 117 Å². The average Bonchev–Trinajstić information content (AvgIpc) is 2.87. The first kappa shape index (κ1) is 14.1.